The van der Waals surface area contributed by atoms with Gasteiger partial charge >= 0.3 is 0 Å². The van der Waals surface area contributed by atoms with Crippen LogP contribution in [0.4, 0.5) is 0 Å². The van der Waals surface area contributed by atoms with Gasteiger partial charge in [-0.1, -0.05) is 60.7 Å². The minimum Gasteiger partial charge on any atom is -0.473 e. The Morgan fingerprint density at radius 2 is 1.12 bits per heavy atom. The van der Waals surface area contributed by atoms with Crippen molar-refractivity contribution in [3.8, 4) is 0 Å². The average molecular weight is 334 g/mol. The molecule has 3 aliphatic rings. The monoisotopic (exact) mass is 334 g/mol. The van der Waals surface area contributed by atoms with Crippen molar-refractivity contribution in [1.29, 1.82) is 0 Å². The maximum absolute atomic E-state index is 6.01. The van der Waals surface area contributed by atoms with Crippen LogP contribution in [0.2, 0.25) is 0 Å². The Morgan fingerprint density at radius 3 is 1.56 bits per heavy atom. The van der Waals surface area contributed by atoms with Crippen LogP contribution in [0.15, 0.2) is 72.4 Å². The second kappa shape index (κ2) is 6.03. The van der Waals surface area contributed by atoms with E-state index in [2.05, 4.69) is 70.5 Å². The standard InChI is InChI=1S/C21H22N2O2/c1-3-7-16(8-4-1)11-18-13-24-20-21-23(15-22(18)20)19(14-25-21)12-17-9-5-2-6-10-17/h1-10,18-19H,11-15H2/t18-,19-/m0/s1. The topological polar surface area (TPSA) is 24.9 Å². The first-order chi connectivity index (χ1) is 12.4. The molecule has 3 aliphatic heterocycles. The second-order valence-electron chi connectivity index (χ2n) is 7.00. The highest BCUT2D eigenvalue weighted by Crippen LogP contribution is 2.38. The van der Waals surface area contributed by atoms with Gasteiger partial charge in [-0.2, -0.15) is 0 Å². The molecule has 0 aromatic heterocycles. The molecule has 0 N–H and O–H groups in total. The Kier molecular flexibility index (Phi) is 3.54. The zero-order valence-corrected chi connectivity index (χ0v) is 14.2. The third-order valence-corrected chi connectivity index (χ3v) is 5.34. The molecule has 2 atom stereocenters. The first-order valence-corrected chi connectivity index (χ1v) is 8.99. The third kappa shape index (κ3) is 2.62. The number of nitrogens with zero attached hydrogens (tertiary/aromatic N) is 2. The molecule has 0 bridgehead atoms. The smallest absolute Gasteiger partial charge is 0.253 e. The lowest BCUT2D eigenvalue weighted by Gasteiger charge is -2.26. The van der Waals surface area contributed by atoms with Crippen molar-refractivity contribution in [3.05, 3.63) is 83.6 Å². The lowest BCUT2D eigenvalue weighted by Crippen LogP contribution is -2.39. The molecule has 0 aliphatic carbocycles. The Bertz CT molecular complexity index is 709. The van der Waals surface area contributed by atoms with Gasteiger partial charge in [0.2, 0.25) is 0 Å². The molecule has 2 saturated heterocycles. The van der Waals surface area contributed by atoms with Gasteiger partial charge in [0, 0.05) is 0 Å². The van der Waals surface area contributed by atoms with E-state index in [1.165, 1.54) is 11.1 Å². The summed E-state index contributed by atoms with van der Waals surface area (Å²) in [5, 5.41) is 0. The van der Waals surface area contributed by atoms with E-state index < -0.39 is 0 Å². The van der Waals surface area contributed by atoms with E-state index in [9.17, 15) is 0 Å². The number of benzene rings is 2. The van der Waals surface area contributed by atoms with Gasteiger partial charge in [-0.15, -0.1) is 0 Å². The minimum atomic E-state index is 0.386. The maximum atomic E-state index is 6.01. The van der Waals surface area contributed by atoms with Crippen molar-refractivity contribution >= 4 is 0 Å². The van der Waals surface area contributed by atoms with Crippen LogP contribution in [-0.4, -0.2) is 41.8 Å². The van der Waals surface area contributed by atoms with Crippen molar-refractivity contribution in [1.82, 2.24) is 9.80 Å². The summed E-state index contributed by atoms with van der Waals surface area (Å²) in [6.07, 6.45) is 2.02. The minimum absolute atomic E-state index is 0.386. The van der Waals surface area contributed by atoms with E-state index in [0.717, 1.165) is 44.5 Å². The van der Waals surface area contributed by atoms with Gasteiger partial charge in [-0.3, -0.25) is 0 Å². The molecule has 3 heterocycles. The number of hydrogen-bond acceptors (Lipinski definition) is 4. The molecule has 2 aromatic rings. The Morgan fingerprint density at radius 1 is 0.680 bits per heavy atom. The fraction of sp³-hybridized carbons (Fsp3) is 0.333. The molecule has 5 rings (SSSR count). The summed E-state index contributed by atoms with van der Waals surface area (Å²) in [6, 6.07) is 22.1. The van der Waals surface area contributed by atoms with E-state index in [0.29, 0.717) is 12.1 Å². The van der Waals surface area contributed by atoms with Crippen LogP contribution in [0.3, 0.4) is 0 Å². The second-order valence-corrected chi connectivity index (χ2v) is 7.00. The molecule has 0 radical (unpaired) electrons. The van der Waals surface area contributed by atoms with Gasteiger partial charge in [0.1, 0.15) is 13.2 Å². The van der Waals surface area contributed by atoms with Gasteiger partial charge < -0.3 is 19.3 Å². The van der Waals surface area contributed by atoms with E-state index in [1.54, 1.807) is 0 Å². The third-order valence-electron chi connectivity index (χ3n) is 5.34. The largest absolute Gasteiger partial charge is 0.473 e. The van der Waals surface area contributed by atoms with Gasteiger partial charge in [0.25, 0.3) is 11.8 Å². The molecule has 0 amide bonds. The van der Waals surface area contributed by atoms with Crippen molar-refractivity contribution < 1.29 is 9.47 Å². The van der Waals surface area contributed by atoms with Crippen molar-refractivity contribution in [2.24, 2.45) is 0 Å². The van der Waals surface area contributed by atoms with Gasteiger partial charge in [0.05, 0.1) is 18.8 Å². The van der Waals surface area contributed by atoms with Crippen molar-refractivity contribution in [3.63, 3.8) is 0 Å². The molecule has 2 fully saturated rings. The fourth-order valence-corrected chi connectivity index (χ4v) is 4.03. The highest BCUT2D eigenvalue weighted by molar-refractivity contribution is 5.22. The normalized spacial score (nSPS) is 24.2. The predicted molar refractivity (Wildman–Crippen MR) is 95.3 cm³/mol. The first kappa shape index (κ1) is 14.7. The van der Waals surface area contributed by atoms with E-state index >= 15 is 0 Å². The van der Waals surface area contributed by atoms with Crippen LogP contribution in [-0.2, 0) is 22.3 Å². The quantitative estimate of drug-likeness (QED) is 0.858. The SMILES string of the molecule is c1ccc(C[C@H]2COC3=C4OC[C@H](Cc5ccccc5)N4CN32)cc1. The van der Waals surface area contributed by atoms with Gasteiger partial charge in [0.15, 0.2) is 0 Å². The highest BCUT2D eigenvalue weighted by Gasteiger charge is 2.46. The number of fused-ring (bicyclic) bond motifs is 2. The summed E-state index contributed by atoms with van der Waals surface area (Å²) in [6.45, 7) is 2.36. The van der Waals surface area contributed by atoms with Crippen LogP contribution >= 0.6 is 0 Å². The molecule has 128 valence electrons. The van der Waals surface area contributed by atoms with Crippen molar-refractivity contribution in [2.75, 3.05) is 19.9 Å². The zero-order chi connectivity index (χ0) is 16.6. The molecule has 0 unspecified atom stereocenters. The van der Waals surface area contributed by atoms with E-state index in [1.807, 2.05) is 0 Å². The Balaban J connectivity index is 1.31. The summed E-state index contributed by atoms with van der Waals surface area (Å²) in [5.74, 6) is 1.88. The summed E-state index contributed by atoms with van der Waals surface area (Å²) in [7, 11) is 0. The van der Waals surface area contributed by atoms with Crippen LogP contribution in [0.25, 0.3) is 0 Å². The molecule has 0 saturated carbocycles. The van der Waals surface area contributed by atoms with Crippen LogP contribution < -0.4 is 0 Å². The summed E-state index contributed by atoms with van der Waals surface area (Å²) in [5.41, 5.74) is 2.72. The maximum Gasteiger partial charge on any atom is 0.253 e. The van der Waals surface area contributed by atoms with Gasteiger partial charge in [-0.25, -0.2) is 0 Å². The van der Waals surface area contributed by atoms with Crippen LogP contribution in [0.1, 0.15) is 11.1 Å². The summed E-state index contributed by atoms with van der Waals surface area (Å²) in [4.78, 5) is 4.75. The number of rotatable bonds is 4. The molecule has 4 nitrogen and oxygen atoms in total. The fourth-order valence-electron chi connectivity index (χ4n) is 4.03. The van der Waals surface area contributed by atoms with E-state index in [-0.39, 0.29) is 0 Å². The Hall–Kier alpha value is -2.62. The summed E-state index contributed by atoms with van der Waals surface area (Å²) < 4.78 is 12.0. The van der Waals surface area contributed by atoms with Crippen molar-refractivity contribution in [2.45, 2.75) is 24.9 Å². The molecular formula is C21H22N2O2. The predicted octanol–water partition coefficient (Wildman–Crippen LogP) is 2.97. The number of hydrogen-bond donors (Lipinski definition) is 0. The average Bonchev–Trinajstić information content (AvgIpc) is 3.31. The number of ether oxygens (including phenoxy) is 2. The van der Waals surface area contributed by atoms with Crippen LogP contribution in [0.5, 0.6) is 0 Å². The molecule has 4 heteroatoms. The summed E-state index contributed by atoms with van der Waals surface area (Å²) >= 11 is 0. The highest BCUT2D eigenvalue weighted by atomic mass is 16.6. The molecular weight excluding hydrogens is 312 g/mol. The molecule has 0 spiro atoms. The molecule has 25 heavy (non-hydrogen) atoms. The Labute approximate surface area is 148 Å². The van der Waals surface area contributed by atoms with Gasteiger partial charge in [-0.05, 0) is 24.0 Å². The molecule has 2 aromatic carbocycles. The van der Waals surface area contributed by atoms with E-state index in [4.69, 9.17) is 9.47 Å². The first-order valence-electron chi connectivity index (χ1n) is 8.99. The lowest BCUT2D eigenvalue weighted by atomic mass is 10.1. The lowest BCUT2D eigenvalue weighted by molar-refractivity contribution is 0.189. The van der Waals surface area contributed by atoms with Crippen LogP contribution in [0, 0.1) is 0 Å². The zero-order valence-electron chi connectivity index (χ0n) is 14.2.